The summed E-state index contributed by atoms with van der Waals surface area (Å²) in [6.45, 7) is 10.9. The first-order valence-corrected chi connectivity index (χ1v) is 13.3. The van der Waals surface area contributed by atoms with E-state index in [1.54, 1.807) is 6.20 Å². The normalized spacial score (nSPS) is 19.6. The molecule has 1 aromatic heterocycles. The molecule has 2 aromatic rings. The fourth-order valence-corrected chi connectivity index (χ4v) is 5.38. The molecule has 1 saturated heterocycles. The SMILES string of the molecule is C=C(C)C(CC1CCCCC1)NC(=O)C1(C)CCN(Cc2cccnc2Oc2ccccc2)CC1. The van der Waals surface area contributed by atoms with Gasteiger partial charge in [-0.1, -0.05) is 75.4 Å². The minimum atomic E-state index is -0.338. The van der Waals surface area contributed by atoms with Gasteiger partial charge < -0.3 is 10.1 Å². The summed E-state index contributed by atoms with van der Waals surface area (Å²) in [7, 11) is 0. The van der Waals surface area contributed by atoms with Crippen molar-refractivity contribution in [1.82, 2.24) is 15.2 Å². The van der Waals surface area contributed by atoms with Crippen LogP contribution in [0.5, 0.6) is 11.6 Å². The van der Waals surface area contributed by atoms with Gasteiger partial charge in [-0.25, -0.2) is 4.98 Å². The molecule has 1 atom stereocenters. The van der Waals surface area contributed by atoms with E-state index in [1.807, 2.05) is 36.4 Å². The van der Waals surface area contributed by atoms with Crippen LogP contribution in [0, 0.1) is 11.3 Å². The molecule has 1 N–H and O–H groups in total. The van der Waals surface area contributed by atoms with Crippen molar-refractivity contribution in [2.75, 3.05) is 13.1 Å². The number of amides is 1. The number of pyridine rings is 1. The first kappa shape index (κ1) is 25.4. The molecule has 5 nitrogen and oxygen atoms in total. The van der Waals surface area contributed by atoms with Crippen molar-refractivity contribution >= 4 is 5.91 Å². The van der Waals surface area contributed by atoms with E-state index in [4.69, 9.17) is 4.74 Å². The lowest BCUT2D eigenvalue weighted by Gasteiger charge is -2.39. The first-order valence-electron chi connectivity index (χ1n) is 13.3. The molecule has 5 heteroatoms. The number of nitrogens with one attached hydrogen (secondary N) is 1. The Morgan fingerprint density at radius 3 is 2.54 bits per heavy atom. The average Bonchev–Trinajstić information content (AvgIpc) is 2.87. The fourth-order valence-electron chi connectivity index (χ4n) is 5.38. The maximum atomic E-state index is 13.4. The first-order chi connectivity index (χ1) is 16.9. The van der Waals surface area contributed by atoms with Crippen LogP contribution < -0.4 is 10.1 Å². The lowest BCUT2D eigenvalue weighted by atomic mass is 9.78. The molecule has 35 heavy (non-hydrogen) atoms. The number of ether oxygens (including phenoxy) is 1. The number of rotatable bonds is 9. The van der Waals surface area contributed by atoms with Gasteiger partial charge in [-0.05, 0) is 63.4 Å². The van der Waals surface area contributed by atoms with Crippen molar-refractivity contribution in [3.05, 3.63) is 66.4 Å². The summed E-state index contributed by atoms with van der Waals surface area (Å²) in [5.74, 6) is 2.34. The van der Waals surface area contributed by atoms with Gasteiger partial charge in [-0.2, -0.15) is 0 Å². The number of aromatic nitrogens is 1. The monoisotopic (exact) mass is 475 g/mol. The molecule has 1 unspecified atom stereocenters. The summed E-state index contributed by atoms with van der Waals surface area (Å²) in [6, 6.07) is 13.9. The van der Waals surface area contributed by atoms with Crippen molar-refractivity contribution in [2.24, 2.45) is 11.3 Å². The maximum absolute atomic E-state index is 13.4. The Morgan fingerprint density at radius 2 is 1.86 bits per heavy atom. The molecule has 1 aliphatic heterocycles. The summed E-state index contributed by atoms with van der Waals surface area (Å²) >= 11 is 0. The summed E-state index contributed by atoms with van der Waals surface area (Å²) in [4.78, 5) is 20.3. The predicted octanol–water partition coefficient (Wildman–Crippen LogP) is 6.51. The van der Waals surface area contributed by atoms with E-state index >= 15 is 0 Å². The third-order valence-electron chi connectivity index (χ3n) is 7.90. The lowest BCUT2D eigenvalue weighted by molar-refractivity contribution is -0.133. The van der Waals surface area contributed by atoms with Crippen LogP contribution in [-0.2, 0) is 11.3 Å². The Labute approximate surface area is 211 Å². The van der Waals surface area contributed by atoms with Crippen molar-refractivity contribution in [1.29, 1.82) is 0 Å². The van der Waals surface area contributed by atoms with Crippen LogP contribution in [0.1, 0.15) is 70.8 Å². The largest absolute Gasteiger partial charge is 0.439 e. The summed E-state index contributed by atoms with van der Waals surface area (Å²) in [6.07, 6.45) is 11.1. The number of likely N-dealkylation sites (tertiary alicyclic amines) is 1. The number of nitrogens with zero attached hydrogens (tertiary/aromatic N) is 2. The molecule has 0 bridgehead atoms. The fraction of sp³-hybridized carbons (Fsp3) is 0.533. The van der Waals surface area contributed by atoms with E-state index in [-0.39, 0.29) is 17.4 Å². The molecule has 2 aliphatic rings. The third-order valence-corrected chi connectivity index (χ3v) is 7.90. The molecule has 1 aromatic carbocycles. The minimum absolute atomic E-state index is 0.0912. The van der Waals surface area contributed by atoms with Crippen LogP contribution in [0.15, 0.2) is 60.8 Å². The molecule has 1 aliphatic carbocycles. The zero-order valence-electron chi connectivity index (χ0n) is 21.5. The molecule has 0 radical (unpaired) electrons. The predicted molar refractivity (Wildman–Crippen MR) is 141 cm³/mol. The van der Waals surface area contributed by atoms with Gasteiger partial charge in [0.25, 0.3) is 0 Å². The highest BCUT2D eigenvalue weighted by atomic mass is 16.5. The zero-order valence-corrected chi connectivity index (χ0v) is 21.5. The van der Waals surface area contributed by atoms with Gasteiger partial charge in [0.1, 0.15) is 5.75 Å². The highest BCUT2D eigenvalue weighted by molar-refractivity contribution is 5.83. The van der Waals surface area contributed by atoms with E-state index in [2.05, 4.69) is 41.7 Å². The highest BCUT2D eigenvalue weighted by Gasteiger charge is 2.38. The molecular weight excluding hydrogens is 434 g/mol. The molecule has 188 valence electrons. The van der Waals surface area contributed by atoms with Crippen LogP contribution in [0.3, 0.4) is 0 Å². The number of carbonyl (C=O) groups excluding carboxylic acids is 1. The van der Waals surface area contributed by atoms with Crippen LogP contribution in [0.4, 0.5) is 0 Å². The molecule has 1 saturated carbocycles. The van der Waals surface area contributed by atoms with Crippen LogP contribution in [0.2, 0.25) is 0 Å². The second-order valence-corrected chi connectivity index (χ2v) is 10.8. The standard InChI is InChI=1S/C30H41N3O2/c1-23(2)27(21-24-11-6-4-7-12-24)32-29(34)30(3)16-19-33(20-17-30)22-25-13-10-18-31-28(25)35-26-14-8-5-9-15-26/h5,8-10,13-15,18,24,27H,1,4,6-7,11-12,16-17,19-22H2,2-3H3,(H,32,34). The van der Waals surface area contributed by atoms with Gasteiger partial charge in [-0.3, -0.25) is 9.69 Å². The van der Waals surface area contributed by atoms with Crippen LogP contribution in [0.25, 0.3) is 0 Å². The molecular formula is C30H41N3O2. The Morgan fingerprint density at radius 1 is 1.14 bits per heavy atom. The number of carbonyl (C=O) groups is 1. The Balaban J connectivity index is 1.32. The van der Waals surface area contributed by atoms with E-state index in [1.165, 1.54) is 32.1 Å². The van der Waals surface area contributed by atoms with Gasteiger partial charge >= 0.3 is 0 Å². The van der Waals surface area contributed by atoms with Gasteiger partial charge in [0, 0.05) is 29.8 Å². The molecule has 0 spiro atoms. The van der Waals surface area contributed by atoms with Gasteiger partial charge in [-0.15, -0.1) is 0 Å². The number of para-hydroxylation sites is 1. The second-order valence-electron chi connectivity index (χ2n) is 10.8. The van der Waals surface area contributed by atoms with Gasteiger partial charge in [0.05, 0.1) is 0 Å². The van der Waals surface area contributed by atoms with E-state index in [0.717, 1.165) is 55.8 Å². The van der Waals surface area contributed by atoms with Gasteiger partial charge in [0.15, 0.2) is 0 Å². The summed E-state index contributed by atoms with van der Waals surface area (Å²) < 4.78 is 6.05. The van der Waals surface area contributed by atoms with Crippen LogP contribution in [-0.4, -0.2) is 34.9 Å². The number of benzene rings is 1. The van der Waals surface area contributed by atoms with Gasteiger partial charge in [0.2, 0.25) is 11.8 Å². The quantitative estimate of drug-likeness (QED) is 0.420. The summed E-state index contributed by atoms with van der Waals surface area (Å²) in [5, 5.41) is 3.39. The number of piperidine rings is 1. The lowest BCUT2D eigenvalue weighted by Crippen LogP contribution is -2.50. The van der Waals surface area contributed by atoms with E-state index in [9.17, 15) is 4.79 Å². The summed E-state index contributed by atoms with van der Waals surface area (Å²) in [5.41, 5.74) is 1.81. The highest BCUT2D eigenvalue weighted by Crippen LogP contribution is 2.34. The smallest absolute Gasteiger partial charge is 0.226 e. The Bertz CT molecular complexity index is 976. The minimum Gasteiger partial charge on any atom is -0.439 e. The molecule has 4 rings (SSSR count). The third kappa shape index (κ3) is 6.94. The molecule has 2 fully saturated rings. The maximum Gasteiger partial charge on any atom is 0.226 e. The topological polar surface area (TPSA) is 54.5 Å². The number of hydrogen-bond acceptors (Lipinski definition) is 4. The number of hydrogen-bond donors (Lipinski definition) is 1. The second kappa shape index (κ2) is 11.9. The average molecular weight is 476 g/mol. The molecule has 2 heterocycles. The van der Waals surface area contributed by atoms with Crippen molar-refractivity contribution in [3.8, 4) is 11.6 Å². The molecule has 1 amide bonds. The van der Waals surface area contributed by atoms with Crippen molar-refractivity contribution in [3.63, 3.8) is 0 Å². The van der Waals surface area contributed by atoms with Crippen molar-refractivity contribution < 1.29 is 9.53 Å². The Kier molecular flexibility index (Phi) is 8.61. The Hall–Kier alpha value is -2.66. The van der Waals surface area contributed by atoms with Crippen molar-refractivity contribution in [2.45, 2.75) is 77.8 Å². The zero-order chi connectivity index (χ0) is 24.7. The van der Waals surface area contributed by atoms with Crippen LogP contribution >= 0.6 is 0 Å². The van der Waals surface area contributed by atoms with E-state index < -0.39 is 0 Å². The van der Waals surface area contributed by atoms with E-state index in [0.29, 0.717) is 11.8 Å².